The smallest absolute Gasteiger partial charge is 0.249 e. The molecule has 2 aromatic carbocycles. The number of nitrogens with two attached hydrogens (primary N) is 1. The van der Waals surface area contributed by atoms with Crippen LogP contribution in [0.15, 0.2) is 42.6 Å². The predicted molar refractivity (Wildman–Crippen MR) is 111 cm³/mol. The van der Waals surface area contributed by atoms with Gasteiger partial charge in [-0.25, -0.2) is 4.98 Å². The number of hydrogen-bond acceptors (Lipinski definition) is 3. The fourth-order valence-electron chi connectivity index (χ4n) is 2.97. The number of nitrogens with zero attached hydrogens (tertiary/aromatic N) is 2. The molecule has 0 saturated carbocycles. The van der Waals surface area contributed by atoms with Gasteiger partial charge in [-0.05, 0) is 42.3 Å². The molecule has 3 rings (SSSR count). The maximum Gasteiger partial charge on any atom is 0.249 e. The molecule has 5 nitrogen and oxygen atoms in total. The lowest BCUT2D eigenvalue weighted by atomic mass is 10.0. The van der Waals surface area contributed by atoms with Crippen LogP contribution < -0.4 is 5.73 Å². The molecule has 1 aromatic heterocycles. The van der Waals surface area contributed by atoms with E-state index in [1.807, 2.05) is 16.8 Å². The van der Waals surface area contributed by atoms with Gasteiger partial charge in [0.05, 0.1) is 17.3 Å². The first kappa shape index (κ1) is 19.8. The van der Waals surface area contributed by atoms with Gasteiger partial charge in [0, 0.05) is 28.8 Å². The molecule has 0 fully saturated rings. The number of carbonyl (C=O) groups is 1. The van der Waals surface area contributed by atoms with Crippen LogP contribution in [0.25, 0.3) is 11.3 Å². The number of rotatable bonds is 6. The van der Waals surface area contributed by atoms with E-state index in [4.69, 9.17) is 35.4 Å². The summed E-state index contributed by atoms with van der Waals surface area (Å²) >= 11 is 12.3. The van der Waals surface area contributed by atoms with E-state index < -0.39 is 5.91 Å². The molecule has 28 heavy (non-hydrogen) atoms. The van der Waals surface area contributed by atoms with E-state index in [1.165, 1.54) is 12.1 Å². The molecule has 0 radical (unpaired) electrons. The zero-order valence-electron chi connectivity index (χ0n) is 14.8. The highest BCUT2D eigenvalue weighted by atomic mass is 35.5. The number of aromatic hydroxyl groups is 1. The molecular weight excluding hydrogens is 397 g/mol. The summed E-state index contributed by atoms with van der Waals surface area (Å²) in [5, 5.41) is 10.6. The predicted octanol–water partition coefficient (Wildman–Crippen LogP) is 4.08. The van der Waals surface area contributed by atoms with Gasteiger partial charge < -0.3 is 15.4 Å². The average Bonchev–Trinajstić information content (AvgIpc) is 3.03. The number of primary amides is 1. The van der Waals surface area contributed by atoms with Crippen LogP contribution in [0.1, 0.15) is 21.7 Å². The van der Waals surface area contributed by atoms with Crippen molar-refractivity contribution in [3.63, 3.8) is 0 Å². The second-order valence-corrected chi connectivity index (χ2v) is 7.05. The minimum Gasteiger partial charge on any atom is -0.508 e. The fraction of sp³-hybridized carbons (Fsp3) is 0.143. The SMILES string of the molecule is C#CCn1cc(-c2ccc(Cl)cc2Cl)nc1CCc1ccc(O)cc1C(N)=O. The van der Waals surface area contributed by atoms with Gasteiger partial charge in [-0.15, -0.1) is 6.42 Å². The maximum absolute atomic E-state index is 11.6. The van der Waals surface area contributed by atoms with Gasteiger partial charge in [-0.2, -0.15) is 0 Å². The number of halogens is 2. The van der Waals surface area contributed by atoms with E-state index in [0.717, 1.165) is 17.0 Å². The molecule has 0 aliphatic carbocycles. The van der Waals surface area contributed by atoms with Gasteiger partial charge in [-0.3, -0.25) is 4.79 Å². The Balaban J connectivity index is 1.91. The lowest BCUT2D eigenvalue weighted by molar-refractivity contribution is 0.0999. The number of aryl methyl sites for hydroxylation is 2. The number of benzene rings is 2. The Morgan fingerprint density at radius 2 is 2.00 bits per heavy atom. The zero-order valence-corrected chi connectivity index (χ0v) is 16.3. The summed E-state index contributed by atoms with van der Waals surface area (Å²) in [6.07, 6.45) is 8.36. The van der Waals surface area contributed by atoms with Crippen molar-refractivity contribution >= 4 is 29.1 Å². The lowest BCUT2D eigenvalue weighted by Crippen LogP contribution is -2.14. The molecule has 1 amide bonds. The Labute approximate surface area is 172 Å². The number of phenols is 1. The molecular formula is C21H17Cl2N3O2. The number of hydrogen-bond donors (Lipinski definition) is 2. The van der Waals surface area contributed by atoms with Crippen LogP contribution >= 0.6 is 23.2 Å². The highest BCUT2D eigenvalue weighted by Crippen LogP contribution is 2.30. The summed E-state index contributed by atoms with van der Waals surface area (Å²) in [6, 6.07) is 9.79. The summed E-state index contributed by atoms with van der Waals surface area (Å²) in [7, 11) is 0. The lowest BCUT2D eigenvalue weighted by Gasteiger charge is -2.08. The number of aromatic nitrogens is 2. The maximum atomic E-state index is 11.6. The Kier molecular flexibility index (Phi) is 5.93. The number of phenolic OH excluding ortho intramolecular Hbond substituents is 1. The fourth-order valence-corrected chi connectivity index (χ4v) is 3.48. The molecule has 7 heteroatoms. The van der Waals surface area contributed by atoms with Crippen molar-refractivity contribution in [2.75, 3.05) is 0 Å². The Morgan fingerprint density at radius 1 is 1.21 bits per heavy atom. The van der Waals surface area contributed by atoms with E-state index in [9.17, 15) is 9.90 Å². The largest absolute Gasteiger partial charge is 0.508 e. The van der Waals surface area contributed by atoms with Crippen LogP contribution in [0, 0.1) is 12.3 Å². The second kappa shape index (κ2) is 8.39. The standard InChI is InChI=1S/C21H17Cl2N3O2/c1-2-9-26-12-19(16-7-5-14(22)10-18(16)23)25-20(26)8-4-13-3-6-15(27)11-17(13)21(24)28/h1,3,5-7,10-12,27H,4,8-9H2,(H2,24,28). The van der Waals surface area contributed by atoms with Crippen molar-refractivity contribution in [1.29, 1.82) is 0 Å². The van der Waals surface area contributed by atoms with Crippen molar-refractivity contribution in [1.82, 2.24) is 9.55 Å². The second-order valence-electron chi connectivity index (χ2n) is 6.20. The van der Waals surface area contributed by atoms with Crippen molar-refractivity contribution in [2.45, 2.75) is 19.4 Å². The van der Waals surface area contributed by atoms with E-state index in [-0.39, 0.29) is 11.3 Å². The quantitative estimate of drug-likeness (QED) is 0.597. The number of terminal acetylenes is 1. The highest BCUT2D eigenvalue weighted by molar-refractivity contribution is 6.36. The van der Waals surface area contributed by atoms with Gasteiger partial charge in [0.25, 0.3) is 0 Å². The molecule has 0 atom stereocenters. The summed E-state index contributed by atoms with van der Waals surface area (Å²) in [4.78, 5) is 16.3. The molecule has 0 aliphatic heterocycles. The van der Waals surface area contributed by atoms with Crippen LogP contribution in [-0.2, 0) is 19.4 Å². The third kappa shape index (κ3) is 4.30. The van der Waals surface area contributed by atoms with E-state index in [1.54, 1.807) is 18.2 Å². The van der Waals surface area contributed by atoms with Gasteiger partial charge in [0.1, 0.15) is 11.6 Å². The van der Waals surface area contributed by atoms with Crippen LogP contribution in [-0.4, -0.2) is 20.6 Å². The minimum atomic E-state index is -0.591. The molecule has 3 aromatic rings. The summed E-state index contributed by atoms with van der Waals surface area (Å²) in [6.45, 7) is 0.353. The van der Waals surface area contributed by atoms with Gasteiger partial charge in [0.2, 0.25) is 5.91 Å². The zero-order chi connectivity index (χ0) is 20.3. The molecule has 0 bridgehead atoms. The van der Waals surface area contributed by atoms with Crippen molar-refractivity contribution in [2.24, 2.45) is 5.73 Å². The van der Waals surface area contributed by atoms with Crippen molar-refractivity contribution < 1.29 is 9.90 Å². The molecule has 0 aliphatic rings. The molecule has 1 heterocycles. The number of imidazole rings is 1. The Hall–Kier alpha value is -2.94. The number of carbonyl (C=O) groups excluding carboxylic acids is 1. The van der Waals surface area contributed by atoms with Crippen LogP contribution in [0.2, 0.25) is 10.0 Å². The molecule has 0 saturated heterocycles. The number of amides is 1. The van der Waals surface area contributed by atoms with Crippen LogP contribution in [0.4, 0.5) is 0 Å². The van der Waals surface area contributed by atoms with Gasteiger partial charge in [-0.1, -0.05) is 35.2 Å². The Bertz CT molecular complexity index is 1080. The summed E-state index contributed by atoms with van der Waals surface area (Å²) in [5.74, 6) is 2.76. The Morgan fingerprint density at radius 3 is 2.68 bits per heavy atom. The first-order valence-corrected chi connectivity index (χ1v) is 9.21. The molecule has 0 spiro atoms. The molecule has 142 valence electrons. The first-order valence-electron chi connectivity index (χ1n) is 8.45. The average molecular weight is 414 g/mol. The first-order chi connectivity index (χ1) is 13.4. The third-order valence-corrected chi connectivity index (χ3v) is 4.85. The van der Waals surface area contributed by atoms with Crippen molar-refractivity contribution in [3.05, 3.63) is 69.6 Å². The van der Waals surface area contributed by atoms with E-state index >= 15 is 0 Å². The van der Waals surface area contributed by atoms with Crippen LogP contribution in [0.5, 0.6) is 5.75 Å². The van der Waals surface area contributed by atoms with Crippen LogP contribution in [0.3, 0.4) is 0 Å². The third-order valence-electron chi connectivity index (χ3n) is 4.30. The van der Waals surface area contributed by atoms with Gasteiger partial charge in [0.15, 0.2) is 0 Å². The molecule has 3 N–H and O–H groups in total. The highest BCUT2D eigenvalue weighted by Gasteiger charge is 2.14. The topological polar surface area (TPSA) is 81.1 Å². The summed E-state index contributed by atoms with van der Waals surface area (Å²) in [5.41, 5.74) is 7.88. The van der Waals surface area contributed by atoms with E-state index in [0.29, 0.717) is 35.1 Å². The molecule has 0 unspecified atom stereocenters. The summed E-state index contributed by atoms with van der Waals surface area (Å²) < 4.78 is 1.87. The minimum absolute atomic E-state index is 0.00829. The monoisotopic (exact) mass is 413 g/mol. The normalized spacial score (nSPS) is 10.6. The van der Waals surface area contributed by atoms with Gasteiger partial charge >= 0.3 is 0 Å². The van der Waals surface area contributed by atoms with E-state index in [2.05, 4.69) is 10.9 Å². The van der Waals surface area contributed by atoms with Crippen molar-refractivity contribution in [3.8, 4) is 29.4 Å².